The average molecular weight is 608 g/mol. The quantitative estimate of drug-likeness (QED) is 0.276. The Morgan fingerprint density at radius 2 is 1.81 bits per heavy atom. The largest absolute Gasteiger partial charge is 0.365 e. The van der Waals surface area contributed by atoms with Crippen LogP contribution in [0.25, 0.3) is 22.3 Å². The van der Waals surface area contributed by atoms with Gasteiger partial charge >= 0.3 is 0 Å². The summed E-state index contributed by atoms with van der Waals surface area (Å²) in [6.45, 7) is 1.81. The molecule has 222 valence electrons. The summed E-state index contributed by atoms with van der Waals surface area (Å²) >= 11 is 0. The van der Waals surface area contributed by atoms with Crippen LogP contribution in [0.5, 0.6) is 0 Å². The van der Waals surface area contributed by atoms with Gasteiger partial charge in [-0.05, 0) is 57.2 Å². The smallest absolute Gasteiger partial charge is 0.269 e. The molecule has 3 aromatic heterocycles. The van der Waals surface area contributed by atoms with E-state index in [2.05, 4.69) is 20.6 Å². The van der Waals surface area contributed by atoms with E-state index >= 15 is 8.78 Å². The first kappa shape index (κ1) is 28.7. The second-order valence-corrected chi connectivity index (χ2v) is 12.6. The second-order valence-electron chi connectivity index (χ2n) is 10.8. The molecule has 3 heterocycles. The molecule has 1 aromatic carbocycles. The average Bonchev–Trinajstić information content (AvgIpc) is 3.64. The number of aromatic nitrogens is 3. The SMILES string of the molecule is Cc1ccc(S(=O)(=O)n2cc(-c3nc(NC4CCC[C@@H](NC(=O)C5=CCC=C5)C4)c(F)cc3F)c3cc(F)cnc32)cc1. The van der Waals surface area contributed by atoms with Crippen molar-refractivity contribution in [3.63, 3.8) is 0 Å². The van der Waals surface area contributed by atoms with E-state index in [0.717, 1.165) is 40.8 Å². The summed E-state index contributed by atoms with van der Waals surface area (Å²) in [6, 6.07) is 7.42. The van der Waals surface area contributed by atoms with Crippen molar-refractivity contribution in [1.29, 1.82) is 0 Å². The number of allylic oxidation sites excluding steroid dienone is 2. The minimum Gasteiger partial charge on any atom is -0.365 e. The lowest BCUT2D eigenvalue weighted by Gasteiger charge is -2.31. The highest BCUT2D eigenvalue weighted by molar-refractivity contribution is 7.90. The fourth-order valence-electron chi connectivity index (χ4n) is 5.55. The molecule has 43 heavy (non-hydrogen) atoms. The maximum absolute atomic E-state index is 15.3. The van der Waals surface area contributed by atoms with E-state index in [1.54, 1.807) is 18.2 Å². The number of amides is 1. The molecule has 1 amide bonds. The highest BCUT2D eigenvalue weighted by Crippen LogP contribution is 2.35. The van der Waals surface area contributed by atoms with Gasteiger partial charge in [-0.25, -0.2) is 35.5 Å². The molecule has 2 N–H and O–H groups in total. The minimum atomic E-state index is -4.21. The molecule has 2 atom stereocenters. The molecule has 6 rings (SSSR count). The monoisotopic (exact) mass is 607 g/mol. The maximum atomic E-state index is 15.3. The zero-order valence-electron chi connectivity index (χ0n) is 23.1. The molecule has 0 bridgehead atoms. The van der Waals surface area contributed by atoms with Gasteiger partial charge in [-0.15, -0.1) is 0 Å². The van der Waals surface area contributed by atoms with Crippen LogP contribution in [0.4, 0.5) is 19.0 Å². The summed E-state index contributed by atoms with van der Waals surface area (Å²) in [5.41, 5.74) is 0.907. The van der Waals surface area contributed by atoms with Crippen LogP contribution in [0.15, 0.2) is 77.5 Å². The van der Waals surface area contributed by atoms with Crippen molar-refractivity contribution in [3.8, 4) is 11.3 Å². The number of fused-ring (bicyclic) bond motifs is 1. The maximum Gasteiger partial charge on any atom is 0.269 e. The van der Waals surface area contributed by atoms with Crippen molar-refractivity contribution in [2.75, 3.05) is 5.32 Å². The normalized spacial score (nSPS) is 18.6. The molecule has 1 saturated carbocycles. The summed E-state index contributed by atoms with van der Waals surface area (Å²) in [5.74, 6) is -3.15. The number of hydrogen-bond donors (Lipinski definition) is 2. The number of anilines is 1. The molecule has 2 aliphatic carbocycles. The predicted octanol–water partition coefficient (Wildman–Crippen LogP) is 5.79. The van der Waals surface area contributed by atoms with E-state index < -0.39 is 27.5 Å². The Labute approximate surface area is 246 Å². The first-order valence-electron chi connectivity index (χ1n) is 13.9. The number of halogens is 3. The van der Waals surface area contributed by atoms with Crippen molar-refractivity contribution in [2.45, 2.75) is 56.0 Å². The van der Waals surface area contributed by atoms with Gasteiger partial charge in [0.2, 0.25) is 0 Å². The van der Waals surface area contributed by atoms with Gasteiger partial charge in [0.25, 0.3) is 15.9 Å². The fraction of sp³-hybridized carbons (Fsp3) is 0.258. The predicted molar refractivity (Wildman–Crippen MR) is 156 cm³/mol. The van der Waals surface area contributed by atoms with Crippen molar-refractivity contribution in [2.24, 2.45) is 0 Å². The third kappa shape index (κ3) is 5.66. The van der Waals surface area contributed by atoms with E-state index in [1.807, 2.05) is 19.1 Å². The van der Waals surface area contributed by atoms with Gasteiger partial charge in [0, 0.05) is 40.9 Å². The second kappa shape index (κ2) is 11.3. The molecule has 12 heteroatoms. The molecule has 2 aliphatic rings. The number of aryl methyl sites for hydroxylation is 1. The molecule has 0 spiro atoms. The summed E-state index contributed by atoms with van der Waals surface area (Å²) in [6.07, 6.45) is 10.9. The molecular formula is C31H28F3N5O3S. The number of hydrogen-bond acceptors (Lipinski definition) is 6. The number of pyridine rings is 2. The number of carbonyl (C=O) groups is 1. The lowest BCUT2D eigenvalue weighted by Crippen LogP contribution is -2.42. The molecule has 1 fully saturated rings. The van der Waals surface area contributed by atoms with Gasteiger partial charge in [-0.3, -0.25) is 4.79 Å². The van der Waals surface area contributed by atoms with E-state index in [9.17, 15) is 17.6 Å². The number of carbonyl (C=O) groups excluding carboxylic acids is 1. The number of nitrogens with one attached hydrogen (secondary N) is 2. The summed E-state index contributed by atoms with van der Waals surface area (Å²) in [4.78, 5) is 20.7. The minimum absolute atomic E-state index is 0.00430. The third-order valence-electron chi connectivity index (χ3n) is 7.72. The van der Waals surface area contributed by atoms with Gasteiger partial charge in [-0.2, -0.15) is 0 Å². The molecule has 0 aliphatic heterocycles. The van der Waals surface area contributed by atoms with E-state index in [0.29, 0.717) is 30.9 Å². The van der Waals surface area contributed by atoms with Crippen molar-refractivity contribution in [1.82, 2.24) is 19.3 Å². The van der Waals surface area contributed by atoms with Crippen molar-refractivity contribution < 1.29 is 26.4 Å². The van der Waals surface area contributed by atoms with Crippen LogP contribution in [0.3, 0.4) is 0 Å². The lowest BCUT2D eigenvalue weighted by molar-refractivity contribution is -0.118. The Morgan fingerprint density at radius 3 is 2.56 bits per heavy atom. The number of rotatable bonds is 7. The van der Waals surface area contributed by atoms with Crippen molar-refractivity contribution >= 4 is 32.8 Å². The molecule has 8 nitrogen and oxygen atoms in total. The zero-order valence-corrected chi connectivity index (χ0v) is 24.0. The molecule has 1 unspecified atom stereocenters. The van der Waals surface area contributed by atoms with Gasteiger partial charge in [0.1, 0.15) is 11.5 Å². The summed E-state index contributed by atoms with van der Waals surface area (Å²) < 4.78 is 72.6. The fourth-order valence-corrected chi connectivity index (χ4v) is 6.87. The van der Waals surface area contributed by atoms with Crippen LogP contribution in [-0.4, -0.2) is 40.3 Å². The third-order valence-corrected chi connectivity index (χ3v) is 9.39. The van der Waals surface area contributed by atoms with Crippen LogP contribution in [-0.2, 0) is 14.8 Å². The Bertz CT molecular complexity index is 1900. The Kier molecular flexibility index (Phi) is 7.55. The summed E-state index contributed by atoms with van der Waals surface area (Å²) in [5, 5.41) is 6.06. The van der Waals surface area contributed by atoms with Gasteiger partial charge in [0.05, 0.1) is 11.1 Å². The van der Waals surface area contributed by atoms with Crippen LogP contribution < -0.4 is 10.6 Å². The van der Waals surface area contributed by atoms with Gasteiger partial charge in [0.15, 0.2) is 23.1 Å². The van der Waals surface area contributed by atoms with Gasteiger partial charge < -0.3 is 10.6 Å². The highest BCUT2D eigenvalue weighted by atomic mass is 32.2. The Hall–Kier alpha value is -4.45. The molecule has 4 aromatic rings. The Balaban J connectivity index is 1.33. The first-order valence-corrected chi connectivity index (χ1v) is 15.3. The van der Waals surface area contributed by atoms with Crippen LogP contribution in [0.2, 0.25) is 0 Å². The highest BCUT2D eigenvalue weighted by Gasteiger charge is 2.28. The number of nitrogens with zero attached hydrogens (tertiary/aromatic N) is 3. The van der Waals surface area contributed by atoms with E-state index in [1.165, 1.54) is 12.1 Å². The van der Waals surface area contributed by atoms with Crippen LogP contribution >= 0.6 is 0 Å². The van der Waals surface area contributed by atoms with Crippen molar-refractivity contribution in [3.05, 3.63) is 95.6 Å². The zero-order chi connectivity index (χ0) is 30.3. The topological polar surface area (TPSA) is 106 Å². The Morgan fingerprint density at radius 1 is 1.05 bits per heavy atom. The summed E-state index contributed by atoms with van der Waals surface area (Å²) in [7, 11) is -4.21. The van der Waals surface area contributed by atoms with Gasteiger partial charge in [-0.1, -0.05) is 35.9 Å². The first-order chi connectivity index (χ1) is 20.6. The molecule has 0 saturated heterocycles. The van der Waals surface area contributed by atoms with E-state index in [4.69, 9.17) is 0 Å². The van der Waals surface area contributed by atoms with Crippen LogP contribution in [0, 0.1) is 24.4 Å². The standard InChI is InChI=1S/C31H28F3N5O3S/c1-18-9-11-23(12-10-18)43(41,42)39-17-25(24-13-20(32)16-35-30(24)39)28-26(33)15-27(34)29(38-28)36-21-7-4-8-22(14-21)37-31(40)19-5-2-3-6-19/h2,5-6,9-13,15-17,21-22H,3-4,7-8,14H2,1H3,(H,36,38)(H,37,40)/t21?,22-/m1/s1. The van der Waals surface area contributed by atoms with E-state index in [-0.39, 0.29) is 51.0 Å². The molecular weight excluding hydrogens is 579 g/mol. The van der Waals surface area contributed by atoms with Crippen LogP contribution in [0.1, 0.15) is 37.7 Å². The number of benzene rings is 1. The lowest BCUT2D eigenvalue weighted by atomic mass is 9.90. The molecule has 0 radical (unpaired) electrons.